The van der Waals surface area contributed by atoms with Gasteiger partial charge in [0.25, 0.3) is 10.2 Å². The Kier molecular flexibility index (Phi) is 18.1. The predicted molar refractivity (Wildman–Crippen MR) is 169 cm³/mol. The Hall–Kier alpha value is -4.49. The average molecular weight is 737 g/mol. The lowest BCUT2D eigenvalue weighted by Crippen LogP contribution is -2.30. The summed E-state index contributed by atoms with van der Waals surface area (Å²) in [5.74, 6) is -2.35. The molecule has 1 saturated carbocycles. The number of unbranched alkanes of at least 4 members (excludes halogenated alkanes) is 1. The third-order valence-corrected chi connectivity index (χ3v) is 7.37. The molecule has 19 heteroatoms. The van der Waals surface area contributed by atoms with Crippen LogP contribution in [-0.4, -0.2) is 89.3 Å². The second-order valence-corrected chi connectivity index (χ2v) is 11.8. The van der Waals surface area contributed by atoms with E-state index in [0.717, 1.165) is 18.2 Å². The molecule has 51 heavy (non-hydrogen) atoms. The lowest BCUT2D eigenvalue weighted by Gasteiger charge is -2.21. The second-order valence-electron chi connectivity index (χ2n) is 11.8. The molecule has 0 unspecified atom stereocenters. The van der Waals surface area contributed by atoms with Crippen LogP contribution in [0.15, 0.2) is 48.6 Å². The van der Waals surface area contributed by atoms with E-state index in [2.05, 4.69) is 9.68 Å². The van der Waals surface area contributed by atoms with Crippen LogP contribution < -0.4 is 4.74 Å². The van der Waals surface area contributed by atoms with Crippen molar-refractivity contribution in [3.8, 4) is 5.75 Å². The van der Waals surface area contributed by atoms with Gasteiger partial charge >= 0.3 is 18.1 Å². The van der Waals surface area contributed by atoms with E-state index in [4.69, 9.17) is 18.9 Å². The summed E-state index contributed by atoms with van der Waals surface area (Å²) < 4.78 is 60.8. The summed E-state index contributed by atoms with van der Waals surface area (Å²) >= 11 is 0. The summed E-state index contributed by atoms with van der Waals surface area (Å²) in [5.41, 5.74) is -0.960. The maximum atomic E-state index is 13.2. The number of ether oxygens (including phenoxy) is 4. The molecule has 6 atom stereocenters. The molecule has 0 aliphatic heterocycles. The van der Waals surface area contributed by atoms with Crippen LogP contribution in [0.2, 0.25) is 0 Å². The Morgan fingerprint density at radius 2 is 1.73 bits per heavy atom. The van der Waals surface area contributed by atoms with Gasteiger partial charge in [-0.15, -0.1) is 20.2 Å². The minimum absolute atomic E-state index is 0.0743. The zero-order chi connectivity index (χ0) is 38.0. The van der Waals surface area contributed by atoms with Gasteiger partial charge in [0.2, 0.25) is 0 Å². The van der Waals surface area contributed by atoms with E-state index >= 15 is 0 Å². The van der Waals surface area contributed by atoms with Gasteiger partial charge in [0.15, 0.2) is 12.2 Å². The molecule has 2 N–H and O–H groups in total. The largest absolute Gasteiger partial charge is 0.489 e. The molecular formula is C32H43F3N2O14. The molecule has 1 aliphatic rings. The minimum atomic E-state index is -4.63. The number of aliphatic hydroxyl groups excluding tert-OH is 2. The molecule has 2 rings (SSSR count). The SMILES string of the molecule is CC(C)OC(=O)CCC/C=C\C[C@@H]1[C@@H](/C=C/[C@H](COc2cccc(C(F)(F)F)c2)OC(=O)CCOC[C@@H](CO[N+](=O)[O-])O[N+](=O)[O-])[C@H](O)C[C@@H]1O. The molecule has 1 aromatic carbocycles. The molecule has 0 heterocycles. The highest BCUT2D eigenvalue weighted by molar-refractivity contribution is 5.70. The summed E-state index contributed by atoms with van der Waals surface area (Å²) in [6.45, 7) is 1.36. The average Bonchev–Trinajstić information content (AvgIpc) is 3.30. The fourth-order valence-corrected chi connectivity index (χ4v) is 5.06. The minimum Gasteiger partial charge on any atom is -0.489 e. The third-order valence-electron chi connectivity index (χ3n) is 7.37. The van der Waals surface area contributed by atoms with Gasteiger partial charge in [-0.1, -0.05) is 24.3 Å². The molecule has 1 aromatic rings. The fraction of sp³-hybridized carbons (Fsp3) is 0.625. The monoisotopic (exact) mass is 736 g/mol. The number of halogens is 3. The Balaban J connectivity index is 2.07. The van der Waals surface area contributed by atoms with Gasteiger partial charge in [-0.3, -0.25) is 9.59 Å². The Bertz CT molecular complexity index is 1330. The van der Waals surface area contributed by atoms with Gasteiger partial charge in [-0.05, 0) is 63.3 Å². The smallest absolute Gasteiger partial charge is 0.416 e. The number of hydrogen-bond acceptors (Lipinski definition) is 14. The van der Waals surface area contributed by atoms with Crippen molar-refractivity contribution in [1.29, 1.82) is 0 Å². The van der Waals surface area contributed by atoms with Gasteiger partial charge in [0.05, 0.1) is 43.5 Å². The van der Waals surface area contributed by atoms with Crippen LogP contribution in [0.4, 0.5) is 13.2 Å². The number of carbonyl (C=O) groups is 2. The fourth-order valence-electron chi connectivity index (χ4n) is 5.06. The van der Waals surface area contributed by atoms with Crippen molar-refractivity contribution in [2.45, 2.75) is 89.1 Å². The van der Waals surface area contributed by atoms with E-state index in [1.807, 2.05) is 12.2 Å². The highest BCUT2D eigenvalue weighted by Crippen LogP contribution is 2.36. The first kappa shape index (κ1) is 42.7. The lowest BCUT2D eigenvalue weighted by atomic mass is 9.89. The van der Waals surface area contributed by atoms with E-state index in [1.165, 1.54) is 12.1 Å². The summed E-state index contributed by atoms with van der Waals surface area (Å²) in [7, 11) is 0. The lowest BCUT2D eigenvalue weighted by molar-refractivity contribution is -0.790. The van der Waals surface area contributed by atoms with Crippen LogP contribution in [-0.2, 0) is 39.7 Å². The zero-order valence-corrected chi connectivity index (χ0v) is 28.1. The number of alkyl halides is 3. The molecule has 0 bridgehead atoms. The van der Waals surface area contributed by atoms with E-state index in [1.54, 1.807) is 19.9 Å². The zero-order valence-electron chi connectivity index (χ0n) is 28.1. The molecule has 0 spiro atoms. The predicted octanol–water partition coefficient (Wildman–Crippen LogP) is 4.17. The van der Waals surface area contributed by atoms with Gasteiger partial charge in [-0.25, -0.2) is 0 Å². The normalized spacial score (nSPS) is 20.3. The molecule has 0 radical (unpaired) electrons. The van der Waals surface area contributed by atoms with Crippen molar-refractivity contribution in [3.63, 3.8) is 0 Å². The quantitative estimate of drug-likeness (QED) is 0.0530. The number of carbonyl (C=O) groups excluding carboxylic acids is 2. The first-order valence-electron chi connectivity index (χ1n) is 16.1. The number of esters is 2. The van der Waals surface area contributed by atoms with E-state index in [-0.39, 0.29) is 37.3 Å². The van der Waals surface area contributed by atoms with Crippen molar-refractivity contribution in [1.82, 2.24) is 0 Å². The number of aliphatic hydroxyl groups is 2. The van der Waals surface area contributed by atoms with Crippen LogP contribution >= 0.6 is 0 Å². The molecule has 286 valence electrons. The molecule has 16 nitrogen and oxygen atoms in total. The standard InChI is InChI=1S/C32H43F3N2O14/c1-21(2)49-30(40)11-6-4-3-5-10-26-27(29(39)17-28(26)38)13-12-24(19-47-23-9-7-8-22(16-23)32(33,34)35)50-31(41)14-15-46-18-25(51-37(44)45)20-48-36(42)43/h3,5,7-9,12-13,16,21,24-29,38-39H,4,6,10-11,14-15,17-20H2,1-2H3/b5-3-,13-12+/t24-,25+,26-,27-,28+,29-/m1/s1. The van der Waals surface area contributed by atoms with Crippen molar-refractivity contribution < 1.29 is 71.8 Å². The van der Waals surface area contributed by atoms with Crippen LogP contribution in [0.25, 0.3) is 0 Å². The molecule has 0 amide bonds. The number of allylic oxidation sites excluding steroid dienone is 2. The number of benzene rings is 1. The summed E-state index contributed by atoms with van der Waals surface area (Å²) in [5, 5.41) is 39.9. The van der Waals surface area contributed by atoms with Crippen molar-refractivity contribution >= 4 is 11.9 Å². The molecule has 1 fully saturated rings. The number of rotatable bonds is 23. The van der Waals surface area contributed by atoms with Crippen LogP contribution in [0.5, 0.6) is 5.75 Å². The van der Waals surface area contributed by atoms with Crippen LogP contribution in [0.3, 0.4) is 0 Å². The molecule has 0 aromatic heterocycles. The van der Waals surface area contributed by atoms with Gasteiger partial charge < -0.3 is 38.8 Å². The Morgan fingerprint density at radius 3 is 2.39 bits per heavy atom. The summed E-state index contributed by atoms with van der Waals surface area (Å²) in [4.78, 5) is 53.6. The van der Waals surface area contributed by atoms with Gasteiger partial charge in [-0.2, -0.15) is 13.2 Å². The van der Waals surface area contributed by atoms with E-state index < -0.39 is 90.4 Å². The van der Waals surface area contributed by atoms with Crippen molar-refractivity contribution in [2.24, 2.45) is 11.8 Å². The van der Waals surface area contributed by atoms with Gasteiger partial charge in [0, 0.05) is 18.8 Å². The summed E-state index contributed by atoms with van der Waals surface area (Å²) in [6, 6.07) is 4.06. The molecular weight excluding hydrogens is 693 g/mol. The first-order valence-corrected chi connectivity index (χ1v) is 16.1. The third kappa shape index (κ3) is 17.3. The summed E-state index contributed by atoms with van der Waals surface area (Å²) in [6.07, 6.45) is -1.24. The van der Waals surface area contributed by atoms with Crippen LogP contribution in [0, 0.1) is 32.1 Å². The van der Waals surface area contributed by atoms with E-state index in [0.29, 0.717) is 19.3 Å². The Labute approximate surface area is 291 Å². The maximum absolute atomic E-state index is 13.2. The number of nitrogens with zero attached hydrogens (tertiary/aromatic N) is 2. The highest BCUT2D eigenvalue weighted by Gasteiger charge is 2.39. The van der Waals surface area contributed by atoms with Crippen molar-refractivity contribution in [3.05, 3.63) is 74.4 Å². The Morgan fingerprint density at radius 1 is 1.00 bits per heavy atom. The molecule has 1 aliphatic carbocycles. The van der Waals surface area contributed by atoms with Crippen LogP contribution in [0.1, 0.15) is 57.9 Å². The topological polar surface area (TPSA) is 216 Å². The maximum Gasteiger partial charge on any atom is 0.416 e. The molecule has 0 saturated heterocycles. The second kappa shape index (κ2) is 21.7. The number of hydrogen-bond donors (Lipinski definition) is 2. The first-order chi connectivity index (χ1) is 24.0. The highest BCUT2D eigenvalue weighted by atomic mass is 19.4. The van der Waals surface area contributed by atoms with E-state index in [9.17, 15) is 53.2 Å². The van der Waals surface area contributed by atoms with Crippen molar-refractivity contribution in [2.75, 3.05) is 26.4 Å². The van der Waals surface area contributed by atoms with Gasteiger partial charge in [0.1, 0.15) is 19.0 Å².